The molecular weight excluding hydrogens is 805 g/mol. The van der Waals surface area contributed by atoms with Crippen LogP contribution in [0, 0.1) is 17.0 Å². The summed E-state index contributed by atoms with van der Waals surface area (Å²) in [5.74, 6) is -1.55. The minimum absolute atomic E-state index is 0.0444. The highest BCUT2D eigenvalue weighted by Crippen LogP contribution is 2.34. The molecule has 15 nitrogen and oxygen atoms in total. The average Bonchev–Trinajstić information content (AvgIpc) is 3.75. The number of hydrogen-bond acceptors (Lipinski definition) is 12. The lowest BCUT2D eigenvalue weighted by atomic mass is 9.97. The molecule has 0 radical (unpaired) electrons. The van der Waals surface area contributed by atoms with Crippen LogP contribution >= 0.6 is 0 Å². The number of oxime groups is 2. The van der Waals surface area contributed by atoms with E-state index in [1.807, 2.05) is 85.8 Å². The third-order valence-electron chi connectivity index (χ3n) is 11.0. The maximum absolute atomic E-state index is 13.8. The van der Waals surface area contributed by atoms with Crippen molar-refractivity contribution in [3.8, 4) is 0 Å². The van der Waals surface area contributed by atoms with Gasteiger partial charge in [-0.1, -0.05) is 46.7 Å². The van der Waals surface area contributed by atoms with E-state index in [2.05, 4.69) is 24.3 Å². The molecule has 0 atom stereocenters. The number of nitro benzene ring substituents is 1. The quantitative estimate of drug-likeness (QED) is 0.0229. The first-order valence-corrected chi connectivity index (χ1v) is 20.4. The average molecular weight is 851 g/mol. The van der Waals surface area contributed by atoms with Crippen LogP contribution in [0.2, 0.25) is 0 Å². The van der Waals surface area contributed by atoms with Gasteiger partial charge >= 0.3 is 17.9 Å². The first-order valence-electron chi connectivity index (χ1n) is 20.4. The van der Waals surface area contributed by atoms with Gasteiger partial charge in [0.25, 0.3) is 5.69 Å². The summed E-state index contributed by atoms with van der Waals surface area (Å²) in [7, 11) is 0. The number of rotatable bonds is 16. The lowest BCUT2D eigenvalue weighted by Crippen LogP contribution is -2.34. The lowest BCUT2D eigenvalue weighted by Gasteiger charge is -2.24. The number of ether oxygens (including phenoxy) is 1. The van der Waals surface area contributed by atoms with E-state index >= 15 is 0 Å². The van der Waals surface area contributed by atoms with Crippen molar-refractivity contribution in [3.63, 3.8) is 0 Å². The van der Waals surface area contributed by atoms with E-state index in [9.17, 15) is 29.3 Å². The van der Waals surface area contributed by atoms with Gasteiger partial charge in [0.05, 0.1) is 16.3 Å². The zero-order chi connectivity index (χ0) is 44.9. The van der Waals surface area contributed by atoms with Crippen LogP contribution in [0.15, 0.2) is 107 Å². The molecular formula is C48H46N6O9. The summed E-state index contributed by atoms with van der Waals surface area (Å²) >= 11 is 0. The van der Waals surface area contributed by atoms with Crippen molar-refractivity contribution in [2.75, 3.05) is 26.2 Å². The Bertz CT molecular complexity index is 3030. The number of hydrogen-bond donors (Lipinski definition) is 0. The standard InChI is InChI=1S/C48H46N6O9/c1-29-9-7-8-10-39(29)48(58)37-13-17-46-42(27-37)40-25-35(30(2)49-62-33(5)56)11-15-44(40)52(46)21-19-51(23-24-61-32(4)55)20-22-53-45-16-12-36(31(3)50-63-34(6)57)26-41(45)43-28-38(54(59)60)14-18-47(43)53/h7-18,25-28H,19-24H2,1-6H3/b49-30-,50-31+. The summed E-state index contributed by atoms with van der Waals surface area (Å²) in [5.41, 5.74) is 7.89. The third kappa shape index (κ3) is 9.53. The van der Waals surface area contributed by atoms with Gasteiger partial charge in [-0.05, 0) is 86.0 Å². The molecule has 63 heavy (non-hydrogen) atoms. The Labute approximate surface area is 362 Å². The van der Waals surface area contributed by atoms with E-state index in [1.54, 1.807) is 26.0 Å². The topological polar surface area (TPSA) is 177 Å². The van der Waals surface area contributed by atoms with Gasteiger partial charge in [0.2, 0.25) is 0 Å². The van der Waals surface area contributed by atoms with E-state index in [0.29, 0.717) is 66.2 Å². The van der Waals surface area contributed by atoms with Gasteiger partial charge in [0, 0.05) is 120 Å². The minimum atomic E-state index is -0.550. The lowest BCUT2D eigenvalue weighted by molar-refractivity contribution is -0.384. The molecule has 7 rings (SSSR count). The van der Waals surface area contributed by atoms with E-state index in [4.69, 9.17) is 14.4 Å². The monoisotopic (exact) mass is 850 g/mol. The molecule has 0 amide bonds. The maximum atomic E-state index is 13.8. The van der Waals surface area contributed by atoms with Gasteiger partial charge in [0.15, 0.2) is 5.78 Å². The van der Waals surface area contributed by atoms with Crippen LogP contribution in [0.5, 0.6) is 0 Å². The van der Waals surface area contributed by atoms with Gasteiger partial charge < -0.3 is 23.5 Å². The largest absolute Gasteiger partial charge is 0.465 e. The number of non-ortho nitro benzene ring substituents is 1. The number of aromatic nitrogens is 2. The molecule has 0 N–H and O–H groups in total. The molecule has 0 aliphatic heterocycles. The number of carbonyl (C=O) groups is 4. The summed E-state index contributed by atoms with van der Waals surface area (Å²) in [4.78, 5) is 72.2. The molecule has 0 aliphatic carbocycles. The molecule has 0 saturated carbocycles. The molecule has 0 saturated heterocycles. The number of ketones is 1. The first kappa shape index (κ1) is 43.6. The molecule has 2 heterocycles. The number of carbonyl (C=O) groups excluding carboxylic acids is 4. The van der Waals surface area contributed by atoms with Crippen molar-refractivity contribution in [1.29, 1.82) is 0 Å². The van der Waals surface area contributed by atoms with Crippen LogP contribution in [0.25, 0.3) is 43.6 Å². The summed E-state index contributed by atoms with van der Waals surface area (Å²) < 4.78 is 9.73. The van der Waals surface area contributed by atoms with Crippen LogP contribution in [0.1, 0.15) is 67.2 Å². The van der Waals surface area contributed by atoms with E-state index in [0.717, 1.165) is 49.4 Å². The second kappa shape index (κ2) is 18.6. The molecule has 7 aromatic rings. The molecule has 0 bridgehead atoms. The summed E-state index contributed by atoms with van der Waals surface area (Å²) in [6.45, 7) is 12.0. The molecule has 2 aromatic heterocycles. The van der Waals surface area contributed by atoms with Crippen LogP contribution in [0.3, 0.4) is 0 Å². The van der Waals surface area contributed by atoms with E-state index < -0.39 is 16.9 Å². The van der Waals surface area contributed by atoms with Gasteiger partial charge in [-0.2, -0.15) is 0 Å². The Balaban J connectivity index is 1.25. The van der Waals surface area contributed by atoms with Gasteiger partial charge in [-0.25, -0.2) is 9.59 Å². The molecule has 0 unspecified atom stereocenters. The highest BCUT2D eigenvalue weighted by molar-refractivity contribution is 6.16. The van der Waals surface area contributed by atoms with Crippen molar-refractivity contribution < 1.29 is 38.5 Å². The zero-order valence-corrected chi connectivity index (χ0v) is 35.8. The fourth-order valence-electron chi connectivity index (χ4n) is 7.87. The Morgan fingerprint density at radius 1 is 0.603 bits per heavy atom. The Kier molecular flexibility index (Phi) is 12.9. The normalized spacial score (nSPS) is 12.1. The number of esters is 1. The van der Waals surface area contributed by atoms with Crippen molar-refractivity contribution in [2.45, 2.75) is 54.6 Å². The van der Waals surface area contributed by atoms with Gasteiger partial charge in [0.1, 0.15) is 6.61 Å². The summed E-state index contributed by atoms with van der Waals surface area (Å²) in [6.07, 6.45) is 0. The second-order valence-electron chi connectivity index (χ2n) is 15.3. The number of nitrogens with zero attached hydrogens (tertiary/aromatic N) is 6. The Morgan fingerprint density at radius 3 is 1.54 bits per heavy atom. The Hall–Kier alpha value is -7.52. The van der Waals surface area contributed by atoms with Gasteiger partial charge in [-0.15, -0.1) is 0 Å². The fraction of sp³-hybridized carbons (Fsp3) is 0.250. The smallest absolute Gasteiger partial charge is 0.331 e. The molecule has 15 heteroatoms. The van der Waals surface area contributed by atoms with Crippen molar-refractivity contribution >= 4 is 84.4 Å². The minimum Gasteiger partial charge on any atom is -0.465 e. The molecule has 0 fully saturated rings. The fourth-order valence-corrected chi connectivity index (χ4v) is 7.87. The number of aryl methyl sites for hydroxylation is 1. The summed E-state index contributed by atoms with van der Waals surface area (Å²) in [6, 6.07) is 29.6. The SMILES string of the molecule is CC(=O)OCCN(CCn1c2ccc(C(=O)c3ccccc3C)cc2c2cc(/C(C)=N\OC(C)=O)ccc21)CCn1c2ccc(/C(C)=N/OC(C)=O)cc2c2cc([N+](=O)[O-])ccc21. The van der Waals surface area contributed by atoms with Crippen LogP contribution in [0.4, 0.5) is 5.69 Å². The highest BCUT2D eigenvalue weighted by Gasteiger charge is 2.20. The van der Waals surface area contributed by atoms with Gasteiger partial charge in [-0.3, -0.25) is 24.6 Å². The predicted molar refractivity (Wildman–Crippen MR) is 241 cm³/mol. The van der Waals surface area contributed by atoms with Crippen molar-refractivity contribution in [2.24, 2.45) is 10.3 Å². The van der Waals surface area contributed by atoms with Crippen molar-refractivity contribution in [3.05, 3.63) is 135 Å². The summed E-state index contributed by atoms with van der Waals surface area (Å²) in [5, 5.41) is 23.0. The first-order chi connectivity index (χ1) is 30.2. The number of nitro groups is 1. The predicted octanol–water partition coefficient (Wildman–Crippen LogP) is 8.49. The van der Waals surface area contributed by atoms with Crippen LogP contribution < -0.4 is 0 Å². The number of fused-ring (bicyclic) bond motifs is 6. The van der Waals surface area contributed by atoms with E-state index in [-0.39, 0.29) is 24.0 Å². The molecule has 5 aromatic carbocycles. The maximum Gasteiger partial charge on any atom is 0.331 e. The second-order valence-corrected chi connectivity index (χ2v) is 15.3. The molecule has 0 spiro atoms. The van der Waals surface area contributed by atoms with Crippen LogP contribution in [-0.2, 0) is 41.9 Å². The van der Waals surface area contributed by atoms with Crippen LogP contribution in [-0.4, -0.2) is 80.3 Å². The molecule has 0 aliphatic rings. The zero-order valence-electron chi connectivity index (χ0n) is 35.8. The third-order valence-corrected chi connectivity index (χ3v) is 11.0. The number of benzene rings is 5. The molecule has 322 valence electrons. The highest BCUT2D eigenvalue weighted by atomic mass is 16.7. The van der Waals surface area contributed by atoms with Crippen molar-refractivity contribution in [1.82, 2.24) is 14.0 Å². The Morgan fingerprint density at radius 2 is 1.06 bits per heavy atom. The van der Waals surface area contributed by atoms with E-state index in [1.165, 1.54) is 26.8 Å².